The van der Waals surface area contributed by atoms with Gasteiger partial charge >= 0.3 is 18.0 Å². The van der Waals surface area contributed by atoms with Gasteiger partial charge in [-0.15, -0.1) is 0 Å². The topological polar surface area (TPSA) is 125 Å². The lowest BCUT2D eigenvalue weighted by Gasteiger charge is -2.23. The third-order valence-electron chi connectivity index (χ3n) is 5.46. The molecule has 2 N–H and O–H groups in total. The van der Waals surface area contributed by atoms with Crippen LogP contribution in [0.3, 0.4) is 0 Å². The zero-order valence-electron chi connectivity index (χ0n) is 23.0. The number of para-hydroxylation sites is 1. The molecule has 10 heteroatoms. The number of carbonyl (C=O) groups excluding carboxylic acids is 4. The number of rotatable bonds is 12. The molecule has 0 saturated carbocycles. The fraction of sp³-hybridized carbons (Fsp3) is 0.500. The zero-order valence-corrected chi connectivity index (χ0v) is 23.0. The Morgan fingerprint density at radius 1 is 1.08 bits per heavy atom. The first kappa shape index (κ1) is 30.4. The number of alkyl carbamates (subject to hydrolysis) is 1. The molecule has 38 heavy (non-hydrogen) atoms. The van der Waals surface area contributed by atoms with Crippen LogP contribution in [0.4, 0.5) is 4.79 Å². The summed E-state index contributed by atoms with van der Waals surface area (Å²) in [6, 6.07) is 5.47. The third-order valence-corrected chi connectivity index (χ3v) is 5.46. The highest BCUT2D eigenvalue weighted by Gasteiger charge is 2.29. The molecule has 0 bridgehead atoms. The maximum Gasteiger partial charge on any atom is 0.408 e. The van der Waals surface area contributed by atoms with Crippen LogP contribution in [0.25, 0.3) is 10.9 Å². The number of nitrogens with zero attached hydrogens (tertiary/aromatic N) is 1. The molecular weight excluding hydrogens is 490 g/mol. The van der Waals surface area contributed by atoms with Crippen molar-refractivity contribution in [2.75, 3.05) is 13.7 Å². The number of nitrogens with one attached hydrogen (secondary N) is 2. The van der Waals surface area contributed by atoms with Crippen molar-refractivity contribution in [1.82, 2.24) is 15.2 Å². The lowest BCUT2D eigenvalue weighted by molar-refractivity contribution is -0.155. The van der Waals surface area contributed by atoms with Crippen LogP contribution in [0, 0.1) is 5.92 Å². The van der Waals surface area contributed by atoms with Gasteiger partial charge in [0, 0.05) is 23.5 Å². The molecule has 0 spiro atoms. The average Bonchev–Trinajstić information content (AvgIpc) is 3.16. The van der Waals surface area contributed by atoms with Gasteiger partial charge in [0.15, 0.2) is 0 Å². The van der Waals surface area contributed by atoms with Gasteiger partial charge in [-0.25, -0.2) is 9.59 Å². The van der Waals surface area contributed by atoms with Crippen LogP contribution in [-0.2, 0) is 41.6 Å². The van der Waals surface area contributed by atoms with E-state index in [1.165, 1.54) is 13.2 Å². The monoisotopic (exact) mass is 529 g/mol. The second-order valence-corrected chi connectivity index (χ2v) is 10.4. The van der Waals surface area contributed by atoms with E-state index >= 15 is 0 Å². The molecule has 10 nitrogen and oxygen atoms in total. The number of hydrogen-bond acceptors (Lipinski definition) is 7. The van der Waals surface area contributed by atoms with E-state index in [0.717, 1.165) is 10.9 Å². The number of benzene rings is 1. The van der Waals surface area contributed by atoms with Crippen LogP contribution >= 0.6 is 0 Å². The summed E-state index contributed by atoms with van der Waals surface area (Å²) in [5.41, 5.74) is 0.856. The first-order valence-electron chi connectivity index (χ1n) is 12.6. The van der Waals surface area contributed by atoms with Gasteiger partial charge in [0.2, 0.25) is 5.91 Å². The fourth-order valence-electron chi connectivity index (χ4n) is 3.98. The Kier molecular flexibility index (Phi) is 10.9. The molecule has 1 heterocycles. The highest BCUT2D eigenvalue weighted by Crippen LogP contribution is 2.23. The largest absolute Gasteiger partial charge is 0.467 e. The standard InChI is InChI=1S/C28H39N3O7/c1-8-13-37-27(35)30-21(25(33)29-22(14-18(2)3)26(34)36-7)15-19-16-31(17-24(32)38-28(4,5)6)23-12-10-9-11-20(19)23/h8-12,16,18,21-22H,1,13-15,17H2,2-7H3,(H,29,33)(H,30,35)/t21-,22-/m0/s1. The normalized spacial score (nSPS) is 12.9. The minimum Gasteiger partial charge on any atom is -0.467 e. The van der Waals surface area contributed by atoms with Gasteiger partial charge in [0.1, 0.15) is 30.8 Å². The fourth-order valence-corrected chi connectivity index (χ4v) is 3.98. The Morgan fingerprint density at radius 2 is 1.76 bits per heavy atom. The number of aromatic nitrogens is 1. The Labute approximate surface area is 223 Å². The van der Waals surface area contributed by atoms with Crippen molar-refractivity contribution in [3.63, 3.8) is 0 Å². The summed E-state index contributed by atoms with van der Waals surface area (Å²) in [7, 11) is 1.25. The summed E-state index contributed by atoms with van der Waals surface area (Å²) >= 11 is 0. The highest BCUT2D eigenvalue weighted by molar-refractivity contribution is 5.91. The van der Waals surface area contributed by atoms with Crippen LogP contribution in [0.2, 0.25) is 0 Å². The molecule has 0 radical (unpaired) electrons. The lowest BCUT2D eigenvalue weighted by atomic mass is 10.0. The van der Waals surface area contributed by atoms with Gasteiger partial charge in [-0.05, 0) is 44.7 Å². The number of esters is 2. The zero-order chi connectivity index (χ0) is 28.5. The van der Waals surface area contributed by atoms with Gasteiger partial charge < -0.3 is 29.4 Å². The molecule has 0 aliphatic rings. The Balaban J connectivity index is 2.38. The maximum atomic E-state index is 13.4. The summed E-state index contributed by atoms with van der Waals surface area (Å²) < 4.78 is 17.1. The van der Waals surface area contributed by atoms with Crippen LogP contribution in [0.15, 0.2) is 43.1 Å². The molecule has 2 atom stereocenters. The van der Waals surface area contributed by atoms with Gasteiger partial charge in [-0.2, -0.15) is 0 Å². The second kappa shape index (κ2) is 13.6. The van der Waals surface area contributed by atoms with Crippen LogP contribution < -0.4 is 10.6 Å². The predicted octanol–water partition coefficient (Wildman–Crippen LogP) is 3.51. The van der Waals surface area contributed by atoms with Gasteiger partial charge in [-0.3, -0.25) is 9.59 Å². The van der Waals surface area contributed by atoms with Crippen molar-refractivity contribution in [3.8, 4) is 0 Å². The first-order chi connectivity index (χ1) is 17.8. The van der Waals surface area contributed by atoms with Crippen molar-refractivity contribution in [2.24, 2.45) is 5.92 Å². The third kappa shape index (κ3) is 9.24. The van der Waals surface area contributed by atoms with E-state index in [0.29, 0.717) is 12.0 Å². The summed E-state index contributed by atoms with van der Waals surface area (Å²) in [5.74, 6) is -1.44. The molecule has 2 amide bonds. The van der Waals surface area contributed by atoms with E-state index in [-0.39, 0.29) is 25.5 Å². The van der Waals surface area contributed by atoms with E-state index in [2.05, 4.69) is 17.2 Å². The van der Waals surface area contributed by atoms with E-state index < -0.39 is 41.6 Å². The van der Waals surface area contributed by atoms with Crippen LogP contribution in [0.5, 0.6) is 0 Å². The highest BCUT2D eigenvalue weighted by atomic mass is 16.6. The quantitative estimate of drug-likeness (QED) is 0.245. The molecule has 2 aromatic rings. The van der Waals surface area contributed by atoms with E-state index in [9.17, 15) is 19.2 Å². The second-order valence-electron chi connectivity index (χ2n) is 10.4. The molecule has 0 saturated heterocycles. The minimum absolute atomic E-state index is 0.0255. The van der Waals surface area contributed by atoms with E-state index in [1.54, 1.807) is 31.5 Å². The van der Waals surface area contributed by atoms with Crippen molar-refractivity contribution in [2.45, 2.75) is 71.7 Å². The van der Waals surface area contributed by atoms with Crippen molar-refractivity contribution >= 4 is 34.8 Å². The van der Waals surface area contributed by atoms with Crippen LogP contribution in [0.1, 0.15) is 46.6 Å². The summed E-state index contributed by atoms with van der Waals surface area (Å²) in [5, 5.41) is 6.10. The first-order valence-corrected chi connectivity index (χ1v) is 12.6. The number of amides is 2. The number of ether oxygens (including phenoxy) is 3. The predicted molar refractivity (Wildman–Crippen MR) is 143 cm³/mol. The van der Waals surface area contributed by atoms with Crippen molar-refractivity contribution < 1.29 is 33.4 Å². The van der Waals surface area contributed by atoms with E-state index in [4.69, 9.17) is 14.2 Å². The molecule has 0 unspecified atom stereocenters. The molecule has 2 rings (SSSR count). The van der Waals surface area contributed by atoms with Crippen molar-refractivity contribution in [3.05, 3.63) is 48.7 Å². The molecule has 1 aromatic carbocycles. The average molecular weight is 530 g/mol. The number of hydrogen-bond donors (Lipinski definition) is 2. The Morgan fingerprint density at radius 3 is 2.37 bits per heavy atom. The molecule has 0 fully saturated rings. The molecule has 208 valence electrons. The Hall–Kier alpha value is -3.82. The van der Waals surface area contributed by atoms with Gasteiger partial charge in [0.25, 0.3) is 0 Å². The summed E-state index contributed by atoms with van der Waals surface area (Å²) in [6.45, 7) is 12.7. The number of methoxy groups -OCH3 is 1. The molecule has 0 aliphatic carbocycles. The smallest absolute Gasteiger partial charge is 0.408 e. The van der Waals surface area contributed by atoms with Crippen LogP contribution in [-0.4, -0.2) is 59.9 Å². The minimum atomic E-state index is -1.08. The summed E-state index contributed by atoms with van der Waals surface area (Å²) in [6.07, 6.45) is 2.81. The molecular formula is C28H39N3O7. The molecule has 1 aromatic heterocycles. The van der Waals surface area contributed by atoms with Crippen molar-refractivity contribution in [1.29, 1.82) is 0 Å². The number of carbonyl (C=O) groups is 4. The SMILES string of the molecule is C=CCOC(=O)N[C@@H](Cc1cn(CC(=O)OC(C)(C)C)c2ccccc12)C(=O)N[C@@H](CC(C)C)C(=O)OC. The van der Waals surface area contributed by atoms with Gasteiger partial charge in [0.05, 0.1) is 7.11 Å². The number of fused-ring (bicyclic) bond motifs is 1. The lowest BCUT2D eigenvalue weighted by Crippen LogP contribution is -2.53. The summed E-state index contributed by atoms with van der Waals surface area (Å²) in [4.78, 5) is 50.6. The van der Waals surface area contributed by atoms with Gasteiger partial charge in [-0.1, -0.05) is 44.7 Å². The maximum absolute atomic E-state index is 13.4. The molecule has 0 aliphatic heterocycles. The van der Waals surface area contributed by atoms with E-state index in [1.807, 2.05) is 38.1 Å². The Bertz CT molecular complexity index is 1150.